The highest BCUT2D eigenvalue weighted by atomic mass is 19.3. The Morgan fingerprint density at radius 2 is 2.31 bits per heavy atom. The van der Waals surface area contributed by atoms with E-state index in [2.05, 4.69) is 10.1 Å². The average Bonchev–Trinajstić information content (AvgIpc) is 2.57. The molecule has 74 valence electrons. The first-order valence-electron chi connectivity index (χ1n) is 4.26. The lowest BCUT2D eigenvalue weighted by Gasteiger charge is -2.23. The summed E-state index contributed by atoms with van der Waals surface area (Å²) in [5.41, 5.74) is 0. The number of rotatable bonds is 1. The summed E-state index contributed by atoms with van der Waals surface area (Å²) in [5, 5.41) is 2.73. The van der Waals surface area contributed by atoms with Crippen molar-refractivity contribution in [1.29, 1.82) is 0 Å². The fourth-order valence-corrected chi connectivity index (χ4v) is 2.20. The molecule has 13 heavy (non-hydrogen) atoms. The highest BCUT2D eigenvalue weighted by molar-refractivity contribution is 5.74. The third-order valence-corrected chi connectivity index (χ3v) is 2.90. The van der Waals surface area contributed by atoms with Crippen LogP contribution in [0.2, 0.25) is 0 Å². The maximum absolute atomic E-state index is 13.0. The van der Waals surface area contributed by atoms with E-state index in [1.165, 1.54) is 7.11 Å². The molecule has 0 aromatic rings. The van der Waals surface area contributed by atoms with E-state index in [4.69, 9.17) is 0 Å². The Labute approximate surface area is 74.4 Å². The summed E-state index contributed by atoms with van der Waals surface area (Å²) in [5.74, 6) is -3.40. The molecule has 0 aliphatic carbocycles. The molecular weight excluding hydrogens is 180 g/mol. The van der Waals surface area contributed by atoms with Crippen molar-refractivity contribution >= 4 is 5.97 Å². The summed E-state index contributed by atoms with van der Waals surface area (Å²) < 4.78 is 30.5. The molecule has 5 heteroatoms. The third kappa shape index (κ3) is 1.22. The number of hydrogen-bond donors (Lipinski definition) is 1. The van der Waals surface area contributed by atoms with E-state index in [9.17, 15) is 13.6 Å². The molecule has 0 spiro atoms. The number of carbonyl (C=O) groups excluding carboxylic acids is 1. The second kappa shape index (κ2) is 2.64. The van der Waals surface area contributed by atoms with Crippen LogP contribution in [0.4, 0.5) is 8.78 Å². The maximum Gasteiger partial charge on any atom is 0.310 e. The fraction of sp³-hybridized carbons (Fsp3) is 0.875. The predicted octanol–water partition coefficient (Wildman–Crippen LogP) is 0.545. The number of methoxy groups -OCH3 is 1. The van der Waals surface area contributed by atoms with Crippen molar-refractivity contribution in [2.24, 2.45) is 5.92 Å². The molecule has 2 heterocycles. The smallest absolute Gasteiger partial charge is 0.310 e. The molecule has 0 unspecified atom stereocenters. The van der Waals surface area contributed by atoms with Crippen LogP contribution in [0.25, 0.3) is 0 Å². The molecule has 3 nitrogen and oxygen atoms in total. The number of alkyl halides is 2. The molecule has 0 aromatic heterocycles. The highest BCUT2D eigenvalue weighted by Gasteiger charge is 2.58. The lowest BCUT2D eigenvalue weighted by molar-refractivity contribution is -0.147. The lowest BCUT2D eigenvalue weighted by atomic mass is 9.87. The molecule has 1 N–H and O–H groups in total. The summed E-state index contributed by atoms with van der Waals surface area (Å²) >= 11 is 0. The zero-order valence-corrected chi connectivity index (χ0v) is 7.22. The van der Waals surface area contributed by atoms with Gasteiger partial charge in [0.15, 0.2) is 0 Å². The quantitative estimate of drug-likeness (QED) is 0.615. The Kier molecular flexibility index (Phi) is 1.80. The SMILES string of the molecule is COC(=O)[C@@H]1C[C@H]2N[C@@H]1CC2(F)F. The van der Waals surface area contributed by atoms with Crippen LogP contribution < -0.4 is 5.32 Å². The van der Waals surface area contributed by atoms with Crippen LogP contribution in [0.3, 0.4) is 0 Å². The molecular formula is C8H11F2NO2. The first kappa shape index (κ1) is 8.87. The maximum atomic E-state index is 13.0. The Morgan fingerprint density at radius 3 is 2.69 bits per heavy atom. The summed E-state index contributed by atoms with van der Waals surface area (Å²) in [7, 11) is 1.28. The van der Waals surface area contributed by atoms with Gasteiger partial charge in [0.1, 0.15) is 0 Å². The van der Waals surface area contributed by atoms with Gasteiger partial charge < -0.3 is 10.1 Å². The molecule has 0 radical (unpaired) electrons. The fourth-order valence-electron chi connectivity index (χ4n) is 2.20. The third-order valence-electron chi connectivity index (χ3n) is 2.90. The van der Waals surface area contributed by atoms with Gasteiger partial charge in [0, 0.05) is 12.5 Å². The minimum Gasteiger partial charge on any atom is -0.469 e. The summed E-state index contributed by atoms with van der Waals surface area (Å²) in [6.07, 6.45) is -0.0399. The minimum absolute atomic E-state index is 0.199. The van der Waals surface area contributed by atoms with Crippen LogP contribution in [0.15, 0.2) is 0 Å². The molecule has 2 bridgehead atoms. The van der Waals surface area contributed by atoms with Gasteiger partial charge in [-0.05, 0) is 6.42 Å². The summed E-state index contributed by atoms with van der Waals surface area (Å²) in [6, 6.07) is -1.23. The number of ether oxygens (including phenoxy) is 1. The largest absolute Gasteiger partial charge is 0.469 e. The average molecular weight is 191 g/mol. The van der Waals surface area contributed by atoms with E-state index in [0.717, 1.165) is 0 Å². The Balaban J connectivity index is 2.07. The van der Waals surface area contributed by atoms with Crippen molar-refractivity contribution in [2.45, 2.75) is 30.8 Å². The Hall–Kier alpha value is -0.710. The van der Waals surface area contributed by atoms with E-state index in [1.54, 1.807) is 0 Å². The van der Waals surface area contributed by atoms with Crippen LogP contribution in [0.5, 0.6) is 0 Å². The zero-order chi connectivity index (χ0) is 9.64. The molecule has 2 saturated heterocycles. The van der Waals surface area contributed by atoms with Gasteiger partial charge in [-0.15, -0.1) is 0 Å². The standard InChI is InChI=1S/C8H11F2NO2/c1-13-7(12)4-2-6-8(9,10)3-5(4)11-6/h4-6,11H,2-3H2,1H3/t4-,5-,6-/m1/s1. The summed E-state index contributed by atoms with van der Waals surface area (Å²) in [6.45, 7) is 0. The second-order valence-electron chi connectivity index (χ2n) is 3.66. The van der Waals surface area contributed by atoms with Crippen LogP contribution in [-0.4, -0.2) is 31.1 Å². The predicted molar refractivity (Wildman–Crippen MR) is 40.4 cm³/mol. The number of hydrogen-bond acceptors (Lipinski definition) is 3. The molecule has 0 saturated carbocycles. The van der Waals surface area contributed by atoms with E-state index in [0.29, 0.717) is 0 Å². The van der Waals surface area contributed by atoms with Crippen LogP contribution in [0.1, 0.15) is 12.8 Å². The van der Waals surface area contributed by atoms with Crippen LogP contribution in [-0.2, 0) is 9.53 Å². The second-order valence-corrected chi connectivity index (χ2v) is 3.66. The van der Waals surface area contributed by atoms with Crippen LogP contribution in [0, 0.1) is 5.92 Å². The number of esters is 1. The Morgan fingerprint density at radius 1 is 1.62 bits per heavy atom. The topological polar surface area (TPSA) is 38.3 Å². The van der Waals surface area contributed by atoms with Crippen LogP contribution >= 0.6 is 0 Å². The highest BCUT2D eigenvalue weighted by Crippen LogP contribution is 2.43. The van der Waals surface area contributed by atoms with Gasteiger partial charge in [0.25, 0.3) is 5.92 Å². The van der Waals surface area contributed by atoms with E-state index >= 15 is 0 Å². The minimum atomic E-state index is -2.64. The Bertz CT molecular complexity index is 244. The van der Waals surface area contributed by atoms with Crippen molar-refractivity contribution in [2.75, 3.05) is 7.11 Å². The van der Waals surface area contributed by atoms with Crippen molar-refractivity contribution in [1.82, 2.24) is 5.32 Å². The number of carbonyl (C=O) groups is 1. The van der Waals surface area contributed by atoms with Gasteiger partial charge >= 0.3 is 5.97 Å². The van der Waals surface area contributed by atoms with Gasteiger partial charge in [0.2, 0.25) is 0 Å². The molecule has 0 aromatic carbocycles. The zero-order valence-electron chi connectivity index (χ0n) is 7.22. The number of halogens is 2. The molecule has 2 aliphatic heterocycles. The first-order chi connectivity index (χ1) is 6.04. The number of fused-ring (bicyclic) bond motifs is 2. The molecule has 3 atom stereocenters. The monoisotopic (exact) mass is 191 g/mol. The lowest BCUT2D eigenvalue weighted by Crippen LogP contribution is -2.36. The number of nitrogens with one attached hydrogen (secondary N) is 1. The first-order valence-corrected chi connectivity index (χ1v) is 4.26. The van der Waals surface area contributed by atoms with E-state index < -0.39 is 18.0 Å². The summed E-state index contributed by atoms with van der Waals surface area (Å²) in [4.78, 5) is 11.1. The molecule has 2 rings (SSSR count). The van der Waals surface area contributed by atoms with Gasteiger partial charge in [-0.1, -0.05) is 0 Å². The molecule has 2 aliphatic rings. The van der Waals surface area contributed by atoms with E-state index in [-0.39, 0.29) is 24.7 Å². The van der Waals surface area contributed by atoms with Gasteiger partial charge in [-0.3, -0.25) is 4.79 Å². The van der Waals surface area contributed by atoms with Gasteiger partial charge in [0.05, 0.1) is 19.1 Å². The van der Waals surface area contributed by atoms with Crippen molar-refractivity contribution in [3.63, 3.8) is 0 Å². The van der Waals surface area contributed by atoms with E-state index in [1.807, 2.05) is 0 Å². The molecule has 0 amide bonds. The van der Waals surface area contributed by atoms with Crippen molar-refractivity contribution in [3.8, 4) is 0 Å². The van der Waals surface area contributed by atoms with Gasteiger partial charge in [-0.2, -0.15) is 0 Å². The van der Waals surface area contributed by atoms with Gasteiger partial charge in [-0.25, -0.2) is 8.78 Å². The molecule has 2 fully saturated rings. The normalized spacial score (nSPS) is 40.7. The van der Waals surface area contributed by atoms with Crippen molar-refractivity contribution in [3.05, 3.63) is 0 Å². The van der Waals surface area contributed by atoms with Crippen molar-refractivity contribution < 1.29 is 18.3 Å².